The molecule has 0 atom stereocenters. The van der Waals surface area contributed by atoms with Crippen LogP contribution >= 0.6 is 11.6 Å². The van der Waals surface area contributed by atoms with E-state index in [9.17, 15) is 9.59 Å². The minimum atomic E-state index is -0.593. The van der Waals surface area contributed by atoms with Crippen LogP contribution in [0, 0.1) is 5.92 Å². The summed E-state index contributed by atoms with van der Waals surface area (Å²) in [5, 5.41) is 0.134. The molecule has 0 N–H and O–H groups in total. The summed E-state index contributed by atoms with van der Waals surface area (Å²) in [6, 6.07) is 8.69. The summed E-state index contributed by atoms with van der Waals surface area (Å²) in [7, 11) is 0. The maximum atomic E-state index is 12.1. The molecule has 100 valence electrons. The third-order valence-electron chi connectivity index (χ3n) is 3.16. The molecule has 0 aliphatic heterocycles. The van der Waals surface area contributed by atoms with E-state index in [0.29, 0.717) is 12.5 Å². The van der Waals surface area contributed by atoms with Gasteiger partial charge in [0.25, 0.3) is 10.8 Å². The SMILES string of the molecule is CC(C)CCn1c(=O)cc(C(=O)Cl)c2ccccc21. The lowest BCUT2D eigenvalue weighted by atomic mass is 10.1. The molecule has 0 aliphatic carbocycles. The molecule has 0 saturated heterocycles. The summed E-state index contributed by atoms with van der Waals surface area (Å²) in [6.07, 6.45) is 0.915. The molecule has 0 unspecified atom stereocenters. The number of para-hydroxylation sites is 1. The molecule has 19 heavy (non-hydrogen) atoms. The lowest BCUT2D eigenvalue weighted by Crippen LogP contribution is -2.22. The Labute approximate surface area is 116 Å². The zero-order valence-corrected chi connectivity index (χ0v) is 11.8. The molecule has 0 saturated carbocycles. The first-order valence-electron chi connectivity index (χ1n) is 6.33. The molecule has 0 radical (unpaired) electrons. The first-order chi connectivity index (χ1) is 9.00. The lowest BCUT2D eigenvalue weighted by Gasteiger charge is -2.13. The Kier molecular flexibility index (Phi) is 4.05. The first-order valence-corrected chi connectivity index (χ1v) is 6.71. The molecule has 0 aliphatic rings. The van der Waals surface area contributed by atoms with Crippen LogP contribution in [-0.4, -0.2) is 9.81 Å². The van der Waals surface area contributed by atoms with Gasteiger partial charge in [0.15, 0.2) is 0 Å². The second-order valence-corrected chi connectivity index (χ2v) is 5.36. The molecule has 2 aromatic rings. The van der Waals surface area contributed by atoms with Crippen LogP contribution in [-0.2, 0) is 6.54 Å². The number of pyridine rings is 1. The largest absolute Gasteiger partial charge is 0.308 e. The van der Waals surface area contributed by atoms with Gasteiger partial charge in [-0.2, -0.15) is 0 Å². The summed E-state index contributed by atoms with van der Waals surface area (Å²) in [4.78, 5) is 23.5. The average molecular weight is 278 g/mol. The minimum absolute atomic E-state index is 0.177. The maximum Gasteiger partial charge on any atom is 0.253 e. The van der Waals surface area contributed by atoms with E-state index >= 15 is 0 Å². The van der Waals surface area contributed by atoms with Gasteiger partial charge in [-0.25, -0.2) is 0 Å². The average Bonchev–Trinajstić information content (AvgIpc) is 2.36. The summed E-state index contributed by atoms with van der Waals surface area (Å²) < 4.78 is 1.71. The number of hydrogen-bond acceptors (Lipinski definition) is 2. The lowest BCUT2D eigenvalue weighted by molar-refractivity contribution is 0.108. The number of aryl methyl sites for hydroxylation is 1. The van der Waals surface area contributed by atoms with E-state index in [1.54, 1.807) is 4.57 Å². The molecule has 1 heterocycles. The fraction of sp³-hybridized carbons (Fsp3) is 0.333. The Hall–Kier alpha value is -1.61. The summed E-state index contributed by atoms with van der Waals surface area (Å²) >= 11 is 5.55. The van der Waals surface area contributed by atoms with Crippen LogP contribution in [0.1, 0.15) is 30.6 Å². The second-order valence-electron chi connectivity index (χ2n) is 5.02. The van der Waals surface area contributed by atoms with E-state index in [0.717, 1.165) is 17.3 Å². The Balaban J connectivity index is 2.65. The standard InChI is InChI=1S/C15H16ClNO2/c1-10(2)7-8-17-13-6-4-3-5-11(13)12(15(16)19)9-14(17)18/h3-6,9-10H,7-8H2,1-2H3. The van der Waals surface area contributed by atoms with Crippen molar-refractivity contribution in [2.75, 3.05) is 0 Å². The number of nitrogens with zero attached hydrogens (tertiary/aromatic N) is 1. The zero-order chi connectivity index (χ0) is 14.0. The number of fused-ring (bicyclic) bond motifs is 1. The highest BCUT2D eigenvalue weighted by molar-refractivity contribution is 6.68. The quantitative estimate of drug-likeness (QED) is 0.803. The number of carbonyl (C=O) groups is 1. The smallest absolute Gasteiger partial charge is 0.253 e. The van der Waals surface area contributed by atoms with Gasteiger partial charge in [0.2, 0.25) is 0 Å². The fourth-order valence-corrected chi connectivity index (χ4v) is 2.27. The Bertz CT molecular complexity index is 673. The fourth-order valence-electron chi connectivity index (χ4n) is 2.12. The van der Waals surface area contributed by atoms with E-state index < -0.39 is 5.24 Å². The molecule has 2 rings (SSSR count). The number of rotatable bonds is 4. The van der Waals surface area contributed by atoms with E-state index in [2.05, 4.69) is 13.8 Å². The summed E-state index contributed by atoms with van der Waals surface area (Å²) in [5.74, 6) is 0.514. The van der Waals surface area contributed by atoms with E-state index in [-0.39, 0.29) is 11.1 Å². The van der Waals surface area contributed by atoms with E-state index in [1.807, 2.05) is 24.3 Å². The third-order valence-corrected chi connectivity index (χ3v) is 3.36. The van der Waals surface area contributed by atoms with E-state index in [4.69, 9.17) is 11.6 Å². The third kappa shape index (κ3) is 2.87. The van der Waals surface area contributed by atoms with Gasteiger partial charge < -0.3 is 4.57 Å². The van der Waals surface area contributed by atoms with Crippen LogP contribution < -0.4 is 5.56 Å². The predicted molar refractivity (Wildman–Crippen MR) is 77.8 cm³/mol. The van der Waals surface area contributed by atoms with Crippen molar-refractivity contribution in [1.82, 2.24) is 4.57 Å². The van der Waals surface area contributed by atoms with Gasteiger partial charge in [-0.05, 0) is 30.0 Å². The van der Waals surface area contributed by atoms with Crippen LogP contribution in [0.3, 0.4) is 0 Å². The molecular formula is C15H16ClNO2. The van der Waals surface area contributed by atoms with Crippen LogP contribution in [0.5, 0.6) is 0 Å². The highest BCUT2D eigenvalue weighted by atomic mass is 35.5. The zero-order valence-electron chi connectivity index (χ0n) is 11.0. The van der Waals surface area contributed by atoms with Gasteiger partial charge in [0, 0.05) is 23.6 Å². The van der Waals surface area contributed by atoms with Gasteiger partial charge in [-0.15, -0.1) is 0 Å². The Morgan fingerprint density at radius 2 is 2.00 bits per heavy atom. The van der Waals surface area contributed by atoms with Crippen molar-refractivity contribution < 1.29 is 4.79 Å². The van der Waals surface area contributed by atoms with Crippen molar-refractivity contribution in [3.05, 3.63) is 46.2 Å². The molecular weight excluding hydrogens is 262 g/mol. The van der Waals surface area contributed by atoms with Gasteiger partial charge in [0.05, 0.1) is 5.52 Å². The first kappa shape index (κ1) is 13.8. The number of carbonyl (C=O) groups excluding carboxylic acids is 1. The normalized spacial score (nSPS) is 11.2. The molecule has 4 heteroatoms. The van der Waals surface area contributed by atoms with Gasteiger partial charge in [-0.3, -0.25) is 9.59 Å². The van der Waals surface area contributed by atoms with Gasteiger partial charge in [-0.1, -0.05) is 32.0 Å². The predicted octanol–water partition coefficient (Wildman–Crippen LogP) is 3.43. The van der Waals surface area contributed by atoms with Crippen LogP contribution in [0.25, 0.3) is 10.9 Å². The topological polar surface area (TPSA) is 39.1 Å². The highest BCUT2D eigenvalue weighted by Crippen LogP contribution is 2.19. The number of benzene rings is 1. The minimum Gasteiger partial charge on any atom is -0.308 e. The van der Waals surface area contributed by atoms with Crippen molar-refractivity contribution >= 4 is 27.7 Å². The monoisotopic (exact) mass is 277 g/mol. The van der Waals surface area contributed by atoms with Crippen molar-refractivity contribution in [3.63, 3.8) is 0 Å². The van der Waals surface area contributed by atoms with Crippen LogP contribution in [0.15, 0.2) is 35.1 Å². The Morgan fingerprint density at radius 3 is 2.63 bits per heavy atom. The van der Waals surface area contributed by atoms with Crippen molar-refractivity contribution in [2.45, 2.75) is 26.8 Å². The molecule has 0 fully saturated rings. The van der Waals surface area contributed by atoms with Crippen molar-refractivity contribution in [3.8, 4) is 0 Å². The van der Waals surface area contributed by atoms with Crippen LogP contribution in [0.2, 0.25) is 0 Å². The maximum absolute atomic E-state index is 12.1. The molecule has 1 aromatic heterocycles. The van der Waals surface area contributed by atoms with Gasteiger partial charge >= 0.3 is 0 Å². The van der Waals surface area contributed by atoms with E-state index in [1.165, 1.54) is 6.07 Å². The number of halogens is 1. The van der Waals surface area contributed by atoms with Crippen molar-refractivity contribution in [1.29, 1.82) is 0 Å². The van der Waals surface area contributed by atoms with Crippen LogP contribution in [0.4, 0.5) is 0 Å². The summed E-state index contributed by atoms with van der Waals surface area (Å²) in [5.41, 5.74) is 0.867. The molecule has 1 aromatic carbocycles. The number of aromatic nitrogens is 1. The Morgan fingerprint density at radius 1 is 1.32 bits per heavy atom. The van der Waals surface area contributed by atoms with Crippen molar-refractivity contribution in [2.24, 2.45) is 5.92 Å². The number of hydrogen-bond donors (Lipinski definition) is 0. The summed E-state index contributed by atoms with van der Waals surface area (Å²) in [6.45, 7) is 4.88. The molecule has 0 amide bonds. The second kappa shape index (κ2) is 5.57. The highest BCUT2D eigenvalue weighted by Gasteiger charge is 2.12. The molecule has 3 nitrogen and oxygen atoms in total. The van der Waals surface area contributed by atoms with Gasteiger partial charge in [0.1, 0.15) is 0 Å². The molecule has 0 spiro atoms. The molecule has 0 bridgehead atoms.